The fraction of sp³-hybridized carbons (Fsp3) is 0.294. The van der Waals surface area contributed by atoms with E-state index >= 15 is 0 Å². The van der Waals surface area contributed by atoms with Crippen LogP contribution in [0, 0.1) is 13.8 Å². The Hall–Kier alpha value is -1.02. The van der Waals surface area contributed by atoms with Gasteiger partial charge in [-0.25, -0.2) is 0 Å². The van der Waals surface area contributed by atoms with Gasteiger partial charge in [0.25, 0.3) is 0 Å². The molecule has 0 bridgehead atoms. The van der Waals surface area contributed by atoms with Gasteiger partial charge in [0, 0.05) is 22.6 Å². The maximum Gasteiger partial charge on any atom is 0.0465 e. The molecule has 20 heavy (non-hydrogen) atoms. The molecule has 0 fully saturated rings. The van der Waals surface area contributed by atoms with E-state index in [0.717, 1.165) is 12.1 Å². The highest BCUT2D eigenvalue weighted by Crippen LogP contribution is 2.23. The first-order chi connectivity index (χ1) is 9.47. The Labute approximate surface area is 130 Å². The number of hydrogen-bond acceptors (Lipinski definition) is 1. The van der Waals surface area contributed by atoms with Gasteiger partial charge in [0.05, 0.1) is 0 Å². The first-order valence-corrected chi connectivity index (χ1v) is 7.47. The smallest absolute Gasteiger partial charge is 0.0465 e. The van der Waals surface area contributed by atoms with Gasteiger partial charge in [0.1, 0.15) is 0 Å². The van der Waals surface area contributed by atoms with Crippen molar-refractivity contribution in [1.29, 1.82) is 0 Å². The molecule has 0 spiro atoms. The van der Waals surface area contributed by atoms with Crippen LogP contribution < -0.4 is 5.32 Å². The van der Waals surface area contributed by atoms with Gasteiger partial charge >= 0.3 is 0 Å². The molecule has 2 rings (SSSR count). The molecule has 3 heteroatoms. The highest BCUT2D eigenvalue weighted by molar-refractivity contribution is 6.35. The van der Waals surface area contributed by atoms with E-state index in [4.69, 9.17) is 23.2 Å². The third kappa shape index (κ3) is 3.76. The lowest BCUT2D eigenvalue weighted by Crippen LogP contribution is -2.19. The largest absolute Gasteiger partial charge is 0.306 e. The van der Waals surface area contributed by atoms with Gasteiger partial charge in [-0.05, 0) is 49.6 Å². The van der Waals surface area contributed by atoms with Crippen molar-refractivity contribution >= 4 is 23.2 Å². The van der Waals surface area contributed by atoms with Crippen molar-refractivity contribution in [1.82, 2.24) is 5.32 Å². The highest BCUT2D eigenvalue weighted by atomic mass is 35.5. The SMILES string of the molecule is Cc1ccc(C)c(C(C)NCc2ccc(Cl)cc2Cl)c1. The van der Waals surface area contributed by atoms with E-state index in [-0.39, 0.29) is 6.04 Å². The Morgan fingerprint density at radius 3 is 2.50 bits per heavy atom. The molecule has 2 aromatic rings. The van der Waals surface area contributed by atoms with Gasteiger partial charge in [0.15, 0.2) is 0 Å². The average molecular weight is 308 g/mol. The Bertz CT molecular complexity index is 608. The van der Waals surface area contributed by atoms with Crippen LogP contribution >= 0.6 is 23.2 Å². The molecule has 0 aliphatic rings. The van der Waals surface area contributed by atoms with Gasteiger partial charge in [-0.1, -0.05) is 53.0 Å². The number of hydrogen-bond donors (Lipinski definition) is 1. The molecular weight excluding hydrogens is 289 g/mol. The second-order valence-electron chi connectivity index (χ2n) is 5.20. The van der Waals surface area contributed by atoms with Crippen molar-refractivity contribution in [2.24, 2.45) is 0 Å². The molecule has 1 nitrogen and oxygen atoms in total. The lowest BCUT2D eigenvalue weighted by Gasteiger charge is -2.18. The first kappa shape index (κ1) is 15.4. The Morgan fingerprint density at radius 2 is 1.80 bits per heavy atom. The highest BCUT2D eigenvalue weighted by Gasteiger charge is 2.09. The van der Waals surface area contributed by atoms with Crippen molar-refractivity contribution in [2.45, 2.75) is 33.4 Å². The second kappa shape index (κ2) is 6.62. The molecule has 0 heterocycles. The number of halogens is 2. The monoisotopic (exact) mass is 307 g/mol. The molecule has 0 aromatic heterocycles. The van der Waals surface area contributed by atoms with E-state index in [2.05, 4.69) is 44.3 Å². The van der Waals surface area contributed by atoms with Crippen LogP contribution in [0.25, 0.3) is 0 Å². The molecule has 2 aromatic carbocycles. The number of rotatable bonds is 4. The van der Waals surface area contributed by atoms with Crippen molar-refractivity contribution in [3.63, 3.8) is 0 Å². The summed E-state index contributed by atoms with van der Waals surface area (Å²) in [6.07, 6.45) is 0. The number of aryl methyl sites for hydroxylation is 2. The standard InChI is InChI=1S/C17H19Cl2N/c1-11-4-5-12(2)16(8-11)13(3)20-10-14-6-7-15(18)9-17(14)19/h4-9,13,20H,10H2,1-3H3. The van der Waals surface area contributed by atoms with Crippen LogP contribution in [0.1, 0.15) is 35.2 Å². The Balaban J connectivity index is 2.08. The predicted molar refractivity (Wildman–Crippen MR) is 87.6 cm³/mol. The van der Waals surface area contributed by atoms with Gasteiger partial charge < -0.3 is 5.32 Å². The molecule has 106 valence electrons. The Morgan fingerprint density at radius 1 is 1.05 bits per heavy atom. The van der Waals surface area contributed by atoms with E-state index in [1.54, 1.807) is 6.07 Å². The summed E-state index contributed by atoms with van der Waals surface area (Å²) in [5.74, 6) is 0. The molecule has 1 atom stereocenters. The Kier molecular flexibility index (Phi) is 5.09. The van der Waals surface area contributed by atoms with Crippen LogP contribution in [0.5, 0.6) is 0 Å². The molecule has 0 saturated carbocycles. The number of benzene rings is 2. The van der Waals surface area contributed by atoms with Crippen LogP contribution in [0.4, 0.5) is 0 Å². The molecular formula is C17H19Cl2N. The lowest BCUT2D eigenvalue weighted by atomic mass is 10.00. The number of nitrogens with one attached hydrogen (secondary N) is 1. The van der Waals surface area contributed by atoms with Crippen molar-refractivity contribution < 1.29 is 0 Å². The van der Waals surface area contributed by atoms with Crippen molar-refractivity contribution in [3.05, 3.63) is 68.7 Å². The van der Waals surface area contributed by atoms with Crippen molar-refractivity contribution in [3.8, 4) is 0 Å². The third-order valence-corrected chi connectivity index (χ3v) is 4.10. The zero-order chi connectivity index (χ0) is 14.7. The summed E-state index contributed by atoms with van der Waals surface area (Å²) in [5, 5.41) is 4.89. The predicted octanol–water partition coefficient (Wildman–Crippen LogP) is 5.46. The van der Waals surface area contributed by atoms with Gasteiger partial charge in [-0.15, -0.1) is 0 Å². The third-order valence-electron chi connectivity index (χ3n) is 3.52. The molecule has 0 saturated heterocycles. The minimum absolute atomic E-state index is 0.279. The fourth-order valence-corrected chi connectivity index (χ4v) is 2.74. The summed E-state index contributed by atoms with van der Waals surface area (Å²) < 4.78 is 0. The fourth-order valence-electron chi connectivity index (χ4n) is 2.26. The van der Waals surface area contributed by atoms with Gasteiger partial charge in [-0.2, -0.15) is 0 Å². The molecule has 0 amide bonds. The van der Waals surface area contributed by atoms with Crippen LogP contribution in [0.3, 0.4) is 0 Å². The summed E-state index contributed by atoms with van der Waals surface area (Å²) in [6.45, 7) is 7.16. The molecule has 1 unspecified atom stereocenters. The average Bonchev–Trinajstić information content (AvgIpc) is 2.40. The summed E-state index contributed by atoms with van der Waals surface area (Å²) in [5.41, 5.74) is 4.98. The second-order valence-corrected chi connectivity index (χ2v) is 6.04. The van der Waals surface area contributed by atoms with Crippen molar-refractivity contribution in [2.75, 3.05) is 0 Å². The van der Waals surface area contributed by atoms with E-state index < -0.39 is 0 Å². The zero-order valence-electron chi connectivity index (χ0n) is 12.0. The van der Waals surface area contributed by atoms with E-state index in [9.17, 15) is 0 Å². The maximum atomic E-state index is 6.19. The zero-order valence-corrected chi connectivity index (χ0v) is 13.5. The molecule has 1 N–H and O–H groups in total. The van der Waals surface area contributed by atoms with E-state index in [0.29, 0.717) is 10.0 Å². The summed E-state index contributed by atoms with van der Waals surface area (Å²) in [6, 6.07) is 12.4. The lowest BCUT2D eigenvalue weighted by molar-refractivity contribution is 0.572. The topological polar surface area (TPSA) is 12.0 Å². The van der Waals surface area contributed by atoms with Gasteiger partial charge in [0.2, 0.25) is 0 Å². The molecule has 0 aliphatic heterocycles. The normalized spacial score (nSPS) is 12.4. The molecule has 0 aliphatic carbocycles. The minimum Gasteiger partial charge on any atom is -0.306 e. The molecule has 0 radical (unpaired) electrons. The van der Waals surface area contributed by atoms with Crippen LogP contribution in [-0.2, 0) is 6.54 Å². The van der Waals surface area contributed by atoms with Crippen LogP contribution in [0.2, 0.25) is 10.0 Å². The van der Waals surface area contributed by atoms with Crippen LogP contribution in [0.15, 0.2) is 36.4 Å². The summed E-state index contributed by atoms with van der Waals surface area (Å²) in [4.78, 5) is 0. The van der Waals surface area contributed by atoms with Gasteiger partial charge in [-0.3, -0.25) is 0 Å². The maximum absolute atomic E-state index is 6.19. The van der Waals surface area contributed by atoms with Crippen LogP contribution in [-0.4, -0.2) is 0 Å². The van der Waals surface area contributed by atoms with E-state index in [1.165, 1.54) is 16.7 Å². The summed E-state index contributed by atoms with van der Waals surface area (Å²) in [7, 11) is 0. The van der Waals surface area contributed by atoms with E-state index in [1.807, 2.05) is 12.1 Å². The summed E-state index contributed by atoms with van der Waals surface area (Å²) >= 11 is 12.1. The minimum atomic E-state index is 0.279. The quantitative estimate of drug-likeness (QED) is 0.790. The first-order valence-electron chi connectivity index (χ1n) is 6.72.